The Morgan fingerprint density at radius 2 is 1.58 bits per heavy atom. The molecule has 4 aromatic rings. The number of hydrogen-bond acceptors (Lipinski definition) is 5. The maximum Gasteiger partial charge on any atom is 0.177 e. The van der Waals surface area contributed by atoms with Crippen LogP contribution in [0, 0.1) is 0 Å². The standard InChI is InChI=1S/C24H25ClN6/c25-18-7-1-15(2-8-18)16-5-11-20(12-6-16)29-22-21(17-3-9-19(26)10-4-17)23(27)30-31-14-13-28-24(22)31/h1-2,5-8,11-14,17,19,29H,3-4,9-10,26H2,(H2,27,30). The van der Waals surface area contributed by atoms with Gasteiger partial charge in [-0.3, -0.25) is 0 Å². The average molecular weight is 433 g/mol. The minimum atomic E-state index is 0.275. The highest BCUT2D eigenvalue weighted by atomic mass is 35.5. The van der Waals surface area contributed by atoms with E-state index in [9.17, 15) is 0 Å². The van der Waals surface area contributed by atoms with Gasteiger partial charge in [0.1, 0.15) is 5.82 Å². The largest absolute Gasteiger partial charge is 0.382 e. The molecule has 2 aromatic carbocycles. The van der Waals surface area contributed by atoms with Crippen LogP contribution in [0.15, 0.2) is 60.9 Å². The Kier molecular flexibility index (Phi) is 5.26. The lowest BCUT2D eigenvalue weighted by molar-refractivity contribution is 0.396. The normalized spacial score (nSPS) is 18.9. The van der Waals surface area contributed by atoms with Crippen molar-refractivity contribution in [2.45, 2.75) is 37.6 Å². The Bertz CT molecular complexity index is 1190. The first-order valence-corrected chi connectivity index (χ1v) is 11.0. The molecule has 1 aliphatic rings. The summed E-state index contributed by atoms with van der Waals surface area (Å²) in [7, 11) is 0. The molecule has 6 nitrogen and oxygen atoms in total. The molecular weight excluding hydrogens is 408 g/mol. The van der Waals surface area contributed by atoms with Crippen LogP contribution in [0.3, 0.4) is 0 Å². The van der Waals surface area contributed by atoms with Crippen LogP contribution in [0.25, 0.3) is 16.8 Å². The van der Waals surface area contributed by atoms with E-state index in [0.29, 0.717) is 11.7 Å². The summed E-state index contributed by atoms with van der Waals surface area (Å²) < 4.78 is 1.73. The van der Waals surface area contributed by atoms with Gasteiger partial charge in [-0.2, -0.15) is 0 Å². The Morgan fingerprint density at radius 3 is 2.26 bits per heavy atom. The summed E-state index contributed by atoms with van der Waals surface area (Å²) in [5, 5.41) is 8.86. The Hall–Kier alpha value is -3.09. The van der Waals surface area contributed by atoms with E-state index in [1.807, 2.05) is 30.5 Å². The number of nitrogens with zero attached hydrogens (tertiary/aromatic N) is 3. The molecule has 1 fully saturated rings. The minimum Gasteiger partial charge on any atom is -0.382 e. The van der Waals surface area contributed by atoms with Gasteiger partial charge in [-0.15, -0.1) is 5.10 Å². The lowest BCUT2D eigenvalue weighted by Crippen LogP contribution is -2.26. The van der Waals surface area contributed by atoms with E-state index in [0.717, 1.165) is 64.4 Å². The summed E-state index contributed by atoms with van der Waals surface area (Å²) >= 11 is 6.01. The molecule has 0 atom stereocenters. The third kappa shape index (κ3) is 3.96. The maximum atomic E-state index is 6.44. The van der Waals surface area contributed by atoms with E-state index in [4.69, 9.17) is 23.1 Å². The SMILES string of the molecule is Nc1nn2ccnc2c(Nc2ccc(-c3ccc(Cl)cc3)cc2)c1C1CCC(N)CC1. The number of benzene rings is 2. The predicted molar refractivity (Wildman–Crippen MR) is 127 cm³/mol. The quantitative estimate of drug-likeness (QED) is 0.403. The van der Waals surface area contributed by atoms with Crippen LogP contribution in [0.1, 0.15) is 37.2 Å². The van der Waals surface area contributed by atoms with Gasteiger partial charge in [0.25, 0.3) is 0 Å². The molecule has 0 saturated heterocycles. The molecule has 5 rings (SSSR count). The van der Waals surface area contributed by atoms with Crippen LogP contribution in [0.5, 0.6) is 0 Å². The number of nitrogens with one attached hydrogen (secondary N) is 1. The monoisotopic (exact) mass is 432 g/mol. The second-order valence-electron chi connectivity index (χ2n) is 8.19. The molecule has 2 aromatic heterocycles. The van der Waals surface area contributed by atoms with E-state index in [1.54, 1.807) is 10.7 Å². The molecule has 0 aliphatic heterocycles. The number of halogens is 1. The van der Waals surface area contributed by atoms with Crippen molar-refractivity contribution >= 4 is 34.4 Å². The van der Waals surface area contributed by atoms with Gasteiger partial charge >= 0.3 is 0 Å². The fraction of sp³-hybridized carbons (Fsp3) is 0.250. The third-order valence-electron chi connectivity index (χ3n) is 6.12. The third-order valence-corrected chi connectivity index (χ3v) is 6.37. The van der Waals surface area contributed by atoms with Crippen molar-refractivity contribution in [3.8, 4) is 11.1 Å². The van der Waals surface area contributed by atoms with E-state index < -0.39 is 0 Å². The van der Waals surface area contributed by atoms with E-state index in [1.165, 1.54) is 0 Å². The highest BCUT2D eigenvalue weighted by molar-refractivity contribution is 6.30. The first-order valence-electron chi connectivity index (χ1n) is 10.6. The zero-order valence-corrected chi connectivity index (χ0v) is 17.9. The van der Waals surface area contributed by atoms with Gasteiger partial charge < -0.3 is 16.8 Å². The summed E-state index contributed by atoms with van der Waals surface area (Å²) in [5.41, 5.74) is 18.6. The van der Waals surface area contributed by atoms with Crippen molar-refractivity contribution in [1.29, 1.82) is 0 Å². The molecule has 0 spiro atoms. The summed E-state index contributed by atoms with van der Waals surface area (Å²) in [6.07, 6.45) is 7.58. The Morgan fingerprint density at radius 1 is 0.935 bits per heavy atom. The molecule has 31 heavy (non-hydrogen) atoms. The number of imidazole rings is 1. The number of nitrogen functional groups attached to an aromatic ring is 1. The van der Waals surface area contributed by atoms with Gasteiger partial charge in [-0.1, -0.05) is 35.9 Å². The van der Waals surface area contributed by atoms with Crippen molar-refractivity contribution < 1.29 is 0 Å². The molecule has 0 amide bonds. The molecule has 158 valence electrons. The summed E-state index contributed by atoms with van der Waals surface area (Å²) in [6.45, 7) is 0. The molecule has 1 saturated carbocycles. The average Bonchev–Trinajstić information content (AvgIpc) is 3.24. The second-order valence-corrected chi connectivity index (χ2v) is 8.63. The fourth-order valence-corrected chi connectivity index (χ4v) is 4.58. The fourth-order valence-electron chi connectivity index (χ4n) is 4.45. The van der Waals surface area contributed by atoms with Crippen LogP contribution in [-0.4, -0.2) is 20.6 Å². The van der Waals surface area contributed by atoms with Crippen LogP contribution >= 0.6 is 11.6 Å². The van der Waals surface area contributed by atoms with Crippen molar-refractivity contribution in [3.63, 3.8) is 0 Å². The van der Waals surface area contributed by atoms with Gasteiger partial charge in [0, 0.05) is 34.7 Å². The molecule has 0 bridgehead atoms. The van der Waals surface area contributed by atoms with Crippen molar-refractivity contribution in [1.82, 2.24) is 14.6 Å². The molecule has 7 heteroatoms. The van der Waals surface area contributed by atoms with E-state index in [-0.39, 0.29) is 6.04 Å². The topological polar surface area (TPSA) is 94.3 Å². The van der Waals surface area contributed by atoms with Gasteiger partial charge in [0.05, 0.1) is 5.69 Å². The van der Waals surface area contributed by atoms with Crippen molar-refractivity contribution in [2.75, 3.05) is 11.1 Å². The number of aromatic nitrogens is 3. The zero-order valence-electron chi connectivity index (χ0n) is 17.1. The summed E-state index contributed by atoms with van der Waals surface area (Å²) in [6, 6.07) is 16.5. The lowest BCUT2D eigenvalue weighted by atomic mass is 9.81. The number of rotatable bonds is 4. The van der Waals surface area contributed by atoms with Crippen LogP contribution < -0.4 is 16.8 Å². The van der Waals surface area contributed by atoms with Gasteiger partial charge in [0.2, 0.25) is 0 Å². The highest BCUT2D eigenvalue weighted by Gasteiger charge is 2.27. The minimum absolute atomic E-state index is 0.275. The van der Waals surface area contributed by atoms with Crippen molar-refractivity contribution in [3.05, 3.63) is 71.5 Å². The van der Waals surface area contributed by atoms with Gasteiger partial charge in [-0.05, 0) is 67.0 Å². The van der Waals surface area contributed by atoms with E-state index >= 15 is 0 Å². The van der Waals surface area contributed by atoms with Crippen LogP contribution in [-0.2, 0) is 0 Å². The number of fused-ring (bicyclic) bond motifs is 1. The highest BCUT2D eigenvalue weighted by Crippen LogP contribution is 2.41. The van der Waals surface area contributed by atoms with E-state index in [2.05, 4.69) is 39.7 Å². The first kappa shape index (κ1) is 19.8. The Labute approximate surface area is 186 Å². The van der Waals surface area contributed by atoms with Gasteiger partial charge in [0.15, 0.2) is 5.65 Å². The molecule has 0 radical (unpaired) electrons. The Balaban J connectivity index is 1.50. The molecule has 1 aliphatic carbocycles. The second kappa shape index (κ2) is 8.21. The molecule has 2 heterocycles. The summed E-state index contributed by atoms with van der Waals surface area (Å²) in [5.74, 6) is 0.871. The number of hydrogen-bond donors (Lipinski definition) is 3. The summed E-state index contributed by atoms with van der Waals surface area (Å²) in [4.78, 5) is 4.54. The number of anilines is 3. The smallest absolute Gasteiger partial charge is 0.177 e. The van der Waals surface area contributed by atoms with Gasteiger partial charge in [-0.25, -0.2) is 9.50 Å². The van der Waals surface area contributed by atoms with Crippen LogP contribution in [0.2, 0.25) is 5.02 Å². The lowest BCUT2D eigenvalue weighted by Gasteiger charge is -2.28. The van der Waals surface area contributed by atoms with Crippen LogP contribution in [0.4, 0.5) is 17.2 Å². The molecule has 5 N–H and O–H groups in total. The number of nitrogens with two attached hydrogens (primary N) is 2. The molecule has 0 unspecified atom stereocenters. The zero-order chi connectivity index (χ0) is 21.4. The van der Waals surface area contributed by atoms with Crippen molar-refractivity contribution in [2.24, 2.45) is 5.73 Å². The maximum absolute atomic E-state index is 6.44. The predicted octanol–water partition coefficient (Wildman–Crippen LogP) is 5.36. The first-order chi connectivity index (χ1) is 15.1. The molecular formula is C24H25ClN6.